The van der Waals surface area contributed by atoms with Crippen molar-refractivity contribution in [1.82, 2.24) is 5.32 Å². The van der Waals surface area contributed by atoms with Gasteiger partial charge in [-0.05, 0) is 38.5 Å². The Labute approximate surface area is 123 Å². The Morgan fingerprint density at radius 2 is 1.55 bits per heavy atom. The van der Waals surface area contributed by atoms with Crippen molar-refractivity contribution in [3.63, 3.8) is 0 Å². The lowest BCUT2D eigenvalue weighted by atomic mass is 9.83. The maximum absolute atomic E-state index is 10.5. The molecule has 1 heterocycles. The van der Waals surface area contributed by atoms with E-state index in [0.29, 0.717) is 6.10 Å². The van der Waals surface area contributed by atoms with Gasteiger partial charge in [0.15, 0.2) is 0 Å². The lowest BCUT2D eigenvalue weighted by molar-refractivity contribution is -0.0646. The van der Waals surface area contributed by atoms with Crippen LogP contribution in [-0.4, -0.2) is 35.5 Å². The van der Waals surface area contributed by atoms with Crippen molar-refractivity contribution in [2.45, 2.75) is 94.4 Å². The second-order valence-electron chi connectivity index (χ2n) is 7.44. The van der Waals surface area contributed by atoms with Gasteiger partial charge in [0.25, 0.3) is 0 Å². The molecule has 0 radical (unpaired) electrons. The van der Waals surface area contributed by atoms with Crippen LogP contribution < -0.4 is 5.32 Å². The maximum atomic E-state index is 10.5. The van der Waals surface area contributed by atoms with Crippen LogP contribution in [0.3, 0.4) is 0 Å². The summed E-state index contributed by atoms with van der Waals surface area (Å²) in [6.07, 6.45) is 15.0. The first-order chi connectivity index (χ1) is 9.70. The third-order valence-electron chi connectivity index (χ3n) is 5.71. The minimum atomic E-state index is -0.445. The minimum Gasteiger partial charge on any atom is -0.389 e. The summed E-state index contributed by atoms with van der Waals surface area (Å²) in [6.45, 7) is 1.67. The molecule has 3 nitrogen and oxygen atoms in total. The number of hydrogen-bond acceptors (Lipinski definition) is 3. The van der Waals surface area contributed by atoms with Gasteiger partial charge in [0.1, 0.15) is 0 Å². The van der Waals surface area contributed by atoms with Gasteiger partial charge >= 0.3 is 0 Å². The molecule has 0 aromatic rings. The van der Waals surface area contributed by atoms with Crippen LogP contribution in [0.2, 0.25) is 0 Å². The lowest BCUT2D eigenvalue weighted by Crippen LogP contribution is -2.44. The molecular weight excluding hydrogens is 250 g/mol. The van der Waals surface area contributed by atoms with E-state index in [4.69, 9.17) is 4.74 Å². The molecule has 3 rings (SSSR count). The topological polar surface area (TPSA) is 41.5 Å². The fourth-order valence-electron chi connectivity index (χ4n) is 4.46. The Kier molecular flexibility index (Phi) is 4.68. The van der Waals surface area contributed by atoms with Crippen molar-refractivity contribution in [2.24, 2.45) is 0 Å². The number of hydrogen-bond donors (Lipinski definition) is 2. The Bertz CT molecular complexity index is 306. The molecule has 2 aliphatic carbocycles. The zero-order valence-corrected chi connectivity index (χ0v) is 12.8. The molecule has 2 saturated carbocycles. The largest absolute Gasteiger partial charge is 0.389 e. The monoisotopic (exact) mass is 281 g/mol. The molecule has 3 heteroatoms. The minimum absolute atomic E-state index is 0.229. The van der Waals surface area contributed by atoms with E-state index in [9.17, 15) is 5.11 Å². The Balaban J connectivity index is 1.39. The van der Waals surface area contributed by atoms with E-state index in [1.54, 1.807) is 0 Å². The Morgan fingerprint density at radius 1 is 0.900 bits per heavy atom. The van der Waals surface area contributed by atoms with E-state index in [2.05, 4.69) is 5.32 Å². The standard InChI is InChI=1S/C17H31NO2/c19-16(8-3-1-4-9-16)14-18-13-15-7-12-17(20-15)10-5-2-6-11-17/h15,18-19H,1-14H2. The van der Waals surface area contributed by atoms with E-state index in [0.717, 1.165) is 25.9 Å². The summed E-state index contributed by atoms with van der Waals surface area (Å²) in [4.78, 5) is 0. The van der Waals surface area contributed by atoms with Crippen LogP contribution in [0, 0.1) is 0 Å². The molecule has 0 bridgehead atoms. The van der Waals surface area contributed by atoms with Crippen LogP contribution >= 0.6 is 0 Å². The fourth-order valence-corrected chi connectivity index (χ4v) is 4.46. The number of rotatable bonds is 4. The zero-order chi connectivity index (χ0) is 13.9. The normalized spacial score (nSPS) is 32.5. The number of ether oxygens (including phenoxy) is 1. The molecule has 0 aromatic heterocycles. The van der Waals surface area contributed by atoms with Crippen LogP contribution in [-0.2, 0) is 4.74 Å². The second kappa shape index (κ2) is 6.33. The molecular formula is C17H31NO2. The third kappa shape index (κ3) is 3.55. The zero-order valence-electron chi connectivity index (χ0n) is 12.8. The van der Waals surface area contributed by atoms with Crippen LogP contribution in [0.4, 0.5) is 0 Å². The van der Waals surface area contributed by atoms with E-state index in [1.807, 2.05) is 0 Å². The first-order valence-corrected chi connectivity index (χ1v) is 8.81. The van der Waals surface area contributed by atoms with Gasteiger partial charge in [0.2, 0.25) is 0 Å². The predicted molar refractivity (Wildman–Crippen MR) is 80.8 cm³/mol. The Hall–Kier alpha value is -0.120. The van der Waals surface area contributed by atoms with Gasteiger partial charge in [-0.2, -0.15) is 0 Å². The molecule has 1 unspecified atom stereocenters. The third-order valence-corrected chi connectivity index (χ3v) is 5.71. The molecule has 1 atom stereocenters. The molecule has 20 heavy (non-hydrogen) atoms. The summed E-state index contributed by atoms with van der Waals surface area (Å²) in [7, 11) is 0. The average molecular weight is 281 g/mol. The molecule has 3 aliphatic rings. The highest BCUT2D eigenvalue weighted by Crippen LogP contribution is 2.41. The van der Waals surface area contributed by atoms with Gasteiger partial charge in [-0.1, -0.05) is 38.5 Å². The maximum Gasteiger partial charge on any atom is 0.0771 e. The molecule has 0 amide bonds. The van der Waals surface area contributed by atoms with E-state index < -0.39 is 5.60 Å². The van der Waals surface area contributed by atoms with Gasteiger partial charge in [0.05, 0.1) is 17.3 Å². The van der Waals surface area contributed by atoms with Gasteiger partial charge in [0, 0.05) is 13.1 Å². The van der Waals surface area contributed by atoms with Gasteiger partial charge in [-0.15, -0.1) is 0 Å². The molecule has 116 valence electrons. The van der Waals surface area contributed by atoms with Crippen LogP contribution in [0.15, 0.2) is 0 Å². The molecule has 1 spiro atoms. The number of aliphatic hydroxyl groups is 1. The molecule has 1 aliphatic heterocycles. The molecule has 2 N–H and O–H groups in total. The number of nitrogens with one attached hydrogen (secondary N) is 1. The lowest BCUT2D eigenvalue weighted by Gasteiger charge is -2.34. The van der Waals surface area contributed by atoms with Gasteiger partial charge in [-0.3, -0.25) is 0 Å². The molecule has 1 saturated heterocycles. The van der Waals surface area contributed by atoms with Crippen molar-refractivity contribution in [1.29, 1.82) is 0 Å². The SMILES string of the molecule is OC1(CNCC2CCC3(CCCCC3)O2)CCCCC1. The van der Waals surface area contributed by atoms with Crippen molar-refractivity contribution in [3.8, 4) is 0 Å². The second-order valence-corrected chi connectivity index (χ2v) is 7.44. The highest BCUT2D eigenvalue weighted by Gasteiger charge is 2.40. The van der Waals surface area contributed by atoms with E-state index >= 15 is 0 Å². The summed E-state index contributed by atoms with van der Waals surface area (Å²) < 4.78 is 6.37. The van der Waals surface area contributed by atoms with Crippen molar-refractivity contribution >= 4 is 0 Å². The summed E-state index contributed by atoms with van der Waals surface area (Å²) in [6, 6.07) is 0. The van der Waals surface area contributed by atoms with E-state index in [-0.39, 0.29) is 5.60 Å². The highest BCUT2D eigenvalue weighted by molar-refractivity contribution is 4.92. The van der Waals surface area contributed by atoms with Gasteiger partial charge in [-0.25, -0.2) is 0 Å². The van der Waals surface area contributed by atoms with Crippen LogP contribution in [0.25, 0.3) is 0 Å². The van der Waals surface area contributed by atoms with Crippen LogP contribution in [0.5, 0.6) is 0 Å². The Morgan fingerprint density at radius 3 is 2.25 bits per heavy atom. The van der Waals surface area contributed by atoms with Crippen molar-refractivity contribution < 1.29 is 9.84 Å². The summed E-state index contributed by atoms with van der Waals surface area (Å²) in [5.74, 6) is 0. The average Bonchev–Trinajstić information content (AvgIpc) is 2.83. The first kappa shape index (κ1) is 14.8. The fraction of sp³-hybridized carbons (Fsp3) is 1.00. The predicted octanol–water partition coefficient (Wildman–Crippen LogP) is 3.15. The van der Waals surface area contributed by atoms with Crippen LogP contribution in [0.1, 0.15) is 77.0 Å². The smallest absolute Gasteiger partial charge is 0.0771 e. The molecule has 0 aromatic carbocycles. The summed E-state index contributed by atoms with van der Waals surface area (Å²) in [5, 5.41) is 14.0. The van der Waals surface area contributed by atoms with Crippen molar-refractivity contribution in [3.05, 3.63) is 0 Å². The summed E-state index contributed by atoms with van der Waals surface area (Å²) >= 11 is 0. The van der Waals surface area contributed by atoms with E-state index in [1.165, 1.54) is 64.2 Å². The highest BCUT2D eigenvalue weighted by atomic mass is 16.5. The first-order valence-electron chi connectivity index (χ1n) is 8.81. The van der Waals surface area contributed by atoms with Crippen molar-refractivity contribution in [2.75, 3.05) is 13.1 Å². The summed E-state index contributed by atoms with van der Waals surface area (Å²) in [5.41, 5.74) is -0.217. The van der Waals surface area contributed by atoms with Gasteiger partial charge < -0.3 is 15.2 Å². The quantitative estimate of drug-likeness (QED) is 0.832. The molecule has 3 fully saturated rings.